The van der Waals surface area contributed by atoms with Gasteiger partial charge in [-0.2, -0.15) is 5.26 Å². The second-order valence-electron chi connectivity index (χ2n) is 3.59. The van der Waals surface area contributed by atoms with Gasteiger partial charge in [-0.3, -0.25) is 0 Å². The second kappa shape index (κ2) is 4.63. The molecule has 1 nitrogen and oxygen atoms in total. The first-order chi connectivity index (χ1) is 7.72. The maximum Gasteiger partial charge on any atom is 0.128 e. The molecule has 2 rings (SSSR count). The number of halogens is 2. The SMILES string of the molecule is N#CC1CC=CC(F)=C1c1cccc(Br)c1. The van der Waals surface area contributed by atoms with E-state index in [9.17, 15) is 4.39 Å². The minimum Gasteiger partial charge on any atom is -0.207 e. The molecule has 1 aromatic carbocycles. The quantitative estimate of drug-likeness (QED) is 0.754. The molecule has 16 heavy (non-hydrogen) atoms. The van der Waals surface area contributed by atoms with Crippen LogP contribution >= 0.6 is 15.9 Å². The predicted octanol–water partition coefficient (Wildman–Crippen LogP) is 4.23. The highest BCUT2D eigenvalue weighted by atomic mass is 79.9. The summed E-state index contributed by atoms with van der Waals surface area (Å²) in [6.45, 7) is 0. The van der Waals surface area contributed by atoms with Gasteiger partial charge in [-0.1, -0.05) is 34.1 Å². The van der Waals surface area contributed by atoms with Gasteiger partial charge in [0.05, 0.1) is 12.0 Å². The summed E-state index contributed by atoms with van der Waals surface area (Å²) in [4.78, 5) is 0. The molecular formula is C13H9BrFN. The highest BCUT2D eigenvalue weighted by Crippen LogP contribution is 2.34. The zero-order chi connectivity index (χ0) is 11.5. The van der Waals surface area contributed by atoms with Crippen LogP contribution in [0.5, 0.6) is 0 Å². The molecule has 1 aromatic rings. The summed E-state index contributed by atoms with van der Waals surface area (Å²) in [7, 11) is 0. The highest BCUT2D eigenvalue weighted by Gasteiger charge is 2.21. The first kappa shape index (κ1) is 11.1. The number of hydrogen-bond acceptors (Lipinski definition) is 1. The van der Waals surface area contributed by atoms with Gasteiger partial charge < -0.3 is 0 Å². The Hall–Kier alpha value is -1.40. The van der Waals surface area contributed by atoms with Crippen molar-refractivity contribution in [3.63, 3.8) is 0 Å². The predicted molar refractivity (Wildman–Crippen MR) is 65.0 cm³/mol. The third-order valence-electron chi connectivity index (χ3n) is 2.53. The van der Waals surface area contributed by atoms with Gasteiger partial charge >= 0.3 is 0 Å². The summed E-state index contributed by atoms with van der Waals surface area (Å²) in [6, 6.07) is 9.51. The Kier molecular flexibility index (Phi) is 3.21. The molecule has 3 heteroatoms. The molecule has 0 saturated carbocycles. The Morgan fingerprint density at radius 3 is 2.94 bits per heavy atom. The van der Waals surface area contributed by atoms with E-state index in [-0.39, 0.29) is 11.7 Å². The Morgan fingerprint density at radius 2 is 2.25 bits per heavy atom. The normalized spacial score (nSPS) is 19.7. The molecular weight excluding hydrogens is 269 g/mol. The Labute approximate surface area is 102 Å². The van der Waals surface area contributed by atoms with Crippen LogP contribution in [0.2, 0.25) is 0 Å². The van der Waals surface area contributed by atoms with Crippen LogP contribution in [-0.2, 0) is 0 Å². The monoisotopic (exact) mass is 277 g/mol. The van der Waals surface area contributed by atoms with Crippen LogP contribution < -0.4 is 0 Å². The van der Waals surface area contributed by atoms with Crippen molar-refractivity contribution < 1.29 is 4.39 Å². The number of rotatable bonds is 1. The van der Waals surface area contributed by atoms with E-state index in [0.29, 0.717) is 12.0 Å². The lowest BCUT2D eigenvalue weighted by Crippen LogP contribution is -2.05. The van der Waals surface area contributed by atoms with Gasteiger partial charge in [-0.05, 0) is 30.2 Å². The first-order valence-electron chi connectivity index (χ1n) is 4.94. The van der Waals surface area contributed by atoms with Crippen molar-refractivity contribution in [2.75, 3.05) is 0 Å². The molecule has 0 radical (unpaired) electrons. The number of hydrogen-bond donors (Lipinski definition) is 0. The first-order valence-corrected chi connectivity index (χ1v) is 5.73. The molecule has 1 atom stereocenters. The van der Waals surface area contributed by atoms with Crippen molar-refractivity contribution in [1.82, 2.24) is 0 Å². The summed E-state index contributed by atoms with van der Waals surface area (Å²) in [5, 5.41) is 9.01. The Morgan fingerprint density at radius 1 is 1.44 bits per heavy atom. The molecule has 0 aliphatic heterocycles. The molecule has 0 aromatic heterocycles. The molecule has 0 spiro atoms. The Bertz CT molecular complexity index is 511. The Balaban J connectivity index is 2.53. The molecule has 0 amide bonds. The molecule has 0 bridgehead atoms. The average molecular weight is 278 g/mol. The van der Waals surface area contributed by atoms with Crippen LogP contribution in [0.15, 0.2) is 46.7 Å². The number of allylic oxidation sites excluding steroid dienone is 4. The molecule has 1 aliphatic carbocycles. The van der Waals surface area contributed by atoms with Crippen molar-refractivity contribution in [1.29, 1.82) is 5.26 Å². The zero-order valence-corrected chi connectivity index (χ0v) is 10.0. The fourth-order valence-corrected chi connectivity index (χ4v) is 2.19. The number of nitriles is 1. The van der Waals surface area contributed by atoms with Gasteiger partial charge in [0, 0.05) is 10.0 Å². The minimum absolute atomic E-state index is 0.309. The van der Waals surface area contributed by atoms with E-state index in [4.69, 9.17) is 5.26 Å². The highest BCUT2D eigenvalue weighted by molar-refractivity contribution is 9.10. The van der Waals surface area contributed by atoms with E-state index in [1.54, 1.807) is 6.08 Å². The van der Waals surface area contributed by atoms with E-state index >= 15 is 0 Å². The van der Waals surface area contributed by atoms with Crippen LogP contribution in [0.4, 0.5) is 4.39 Å². The van der Waals surface area contributed by atoms with Crippen molar-refractivity contribution in [2.45, 2.75) is 6.42 Å². The minimum atomic E-state index is -0.390. The summed E-state index contributed by atoms with van der Waals surface area (Å²) in [6.07, 6.45) is 3.71. The van der Waals surface area contributed by atoms with Crippen LogP contribution in [0, 0.1) is 17.2 Å². The lowest BCUT2D eigenvalue weighted by molar-refractivity contribution is 0.647. The fraction of sp³-hybridized carbons (Fsp3) is 0.154. The maximum absolute atomic E-state index is 13.7. The smallest absolute Gasteiger partial charge is 0.128 e. The van der Waals surface area contributed by atoms with Gasteiger partial charge in [-0.15, -0.1) is 0 Å². The number of nitrogens with zero attached hydrogens (tertiary/aromatic N) is 1. The molecule has 0 saturated heterocycles. The molecule has 1 aliphatic rings. The average Bonchev–Trinajstić information content (AvgIpc) is 2.28. The second-order valence-corrected chi connectivity index (χ2v) is 4.51. The molecule has 1 unspecified atom stereocenters. The summed E-state index contributed by atoms with van der Waals surface area (Å²) in [5.41, 5.74) is 1.26. The van der Waals surface area contributed by atoms with Crippen molar-refractivity contribution in [3.8, 4) is 6.07 Å². The summed E-state index contributed by atoms with van der Waals surface area (Å²) < 4.78 is 14.6. The topological polar surface area (TPSA) is 23.8 Å². The van der Waals surface area contributed by atoms with E-state index in [0.717, 1.165) is 10.0 Å². The maximum atomic E-state index is 13.7. The van der Waals surface area contributed by atoms with E-state index in [1.165, 1.54) is 6.08 Å². The number of benzene rings is 1. The van der Waals surface area contributed by atoms with Gasteiger partial charge in [0.1, 0.15) is 5.83 Å². The van der Waals surface area contributed by atoms with Crippen molar-refractivity contribution in [3.05, 3.63) is 52.3 Å². The largest absolute Gasteiger partial charge is 0.207 e. The summed E-state index contributed by atoms with van der Waals surface area (Å²) in [5.74, 6) is -0.699. The fourth-order valence-electron chi connectivity index (χ4n) is 1.79. The van der Waals surface area contributed by atoms with Crippen LogP contribution in [-0.4, -0.2) is 0 Å². The molecule has 0 N–H and O–H groups in total. The molecule has 0 heterocycles. The van der Waals surface area contributed by atoms with Gasteiger partial charge in [-0.25, -0.2) is 4.39 Å². The molecule has 80 valence electrons. The molecule has 0 fully saturated rings. The zero-order valence-electron chi connectivity index (χ0n) is 8.45. The van der Waals surface area contributed by atoms with Crippen molar-refractivity contribution in [2.24, 2.45) is 5.92 Å². The van der Waals surface area contributed by atoms with Crippen molar-refractivity contribution >= 4 is 21.5 Å². The lowest BCUT2D eigenvalue weighted by atomic mass is 9.87. The lowest BCUT2D eigenvalue weighted by Gasteiger charge is -2.16. The van der Waals surface area contributed by atoms with E-state index in [1.807, 2.05) is 24.3 Å². The van der Waals surface area contributed by atoms with Gasteiger partial charge in [0.15, 0.2) is 0 Å². The van der Waals surface area contributed by atoms with Crippen LogP contribution in [0.3, 0.4) is 0 Å². The van der Waals surface area contributed by atoms with Crippen LogP contribution in [0.1, 0.15) is 12.0 Å². The summed E-state index contributed by atoms with van der Waals surface area (Å²) >= 11 is 3.34. The van der Waals surface area contributed by atoms with E-state index < -0.39 is 0 Å². The van der Waals surface area contributed by atoms with Crippen LogP contribution in [0.25, 0.3) is 5.57 Å². The van der Waals surface area contributed by atoms with E-state index in [2.05, 4.69) is 22.0 Å². The third-order valence-corrected chi connectivity index (χ3v) is 3.03. The third kappa shape index (κ3) is 2.07. The standard InChI is InChI=1S/C13H9BrFN/c14-11-5-1-3-9(7-11)13-10(8-16)4-2-6-12(13)15/h1-3,5-7,10H,4H2. The van der Waals surface area contributed by atoms with Gasteiger partial charge in [0.25, 0.3) is 0 Å². The van der Waals surface area contributed by atoms with Gasteiger partial charge in [0.2, 0.25) is 0 Å².